The summed E-state index contributed by atoms with van der Waals surface area (Å²) in [6.07, 6.45) is 70.6. The average Bonchev–Trinajstić information content (AvgIpc) is 3.34. The number of ether oxygens (including phenoxy) is 1. The maximum atomic E-state index is 12.5. The maximum Gasteiger partial charge on any atom is 0.305 e. The Bertz CT molecular complexity index is 1060. The van der Waals surface area contributed by atoms with Crippen molar-refractivity contribution in [3.63, 3.8) is 0 Å². The molecule has 0 aliphatic carbocycles. The fourth-order valence-corrected chi connectivity index (χ4v) is 9.51. The Labute approximate surface area is 424 Å². The molecule has 0 aliphatic rings. The van der Waals surface area contributed by atoms with Gasteiger partial charge in [0.1, 0.15) is 0 Å². The van der Waals surface area contributed by atoms with Gasteiger partial charge in [-0.1, -0.05) is 289 Å². The summed E-state index contributed by atoms with van der Waals surface area (Å²) in [6, 6.07) is -0.643. The number of carbonyl (C=O) groups is 2. The van der Waals surface area contributed by atoms with E-state index in [9.17, 15) is 19.8 Å². The molecule has 0 aromatic rings. The van der Waals surface area contributed by atoms with E-state index in [2.05, 4.69) is 31.3 Å². The van der Waals surface area contributed by atoms with Crippen LogP contribution >= 0.6 is 0 Å². The lowest BCUT2D eigenvalue weighted by molar-refractivity contribution is -0.143. The Morgan fingerprint density at radius 2 is 0.691 bits per heavy atom. The quantitative estimate of drug-likeness (QED) is 0.0321. The Morgan fingerprint density at radius 1 is 0.397 bits per heavy atom. The number of allylic oxidation sites excluding steroid dienone is 3. The van der Waals surface area contributed by atoms with Gasteiger partial charge in [-0.25, -0.2) is 0 Å². The van der Waals surface area contributed by atoms with Crippen LogP contribution in [0.5, 0.6) is 0 Å². The van der Waals surface area contributed by atoms with E-state index >= 15 is 0 Å². The second kappa shape index (κ2) is 57.9. The summed E-state index contributed by atoms with van der Waals surface area (Å²) in [5.41, 5.74) is 0. The number of hydrogen-bond acceptors (Lipinski definition) is 5. The topological polar surface area (TPSA) is 95.9 Å². The van der Waals surface area contributed by atoms with E-state index in [1.165, 1.54) is 250 Å². The molecule has 2 atom stereocenters. The molecule has 0 aliphatic heterocycles. The Morgan fingerprint density at radius 3 is 1.04 bits per heavy atom. The molecule has 0 aromatic carbocycles. The summed E-state index contributed by atoms with van der Waals surface area (Å²) in [4.78, 5) is 24.6. The summed E-state index contributed by atoms with van der Waals surface area (Å²) in [5.74, 6) is -0.102. The molecule has 0 saturated carbocycles. The van der Waals surface area contributed by atoms with Gasteiger partial charge >= 0.3 is 5.97 Å². The zero-order chi connectivity index (χ0) is 49.3. The van der Waals surface area contributed by atoms with Crippen LogP contribution in [-0.4, -0.2) is 47.4 Å². The van der Waals surface area contributed by atoms with Gasteiger partial charge in [-0.05, 0) is 57.8 Å². The van der Waals surface area contributed by atoms with Crippen molar-refractivity contribution in [1.29, 1.82) is 0 Å². The fourth-order valence-electron chi connectivity index (χ4n) is 9.51. The van der Waals surface area contributed by atoms with Gasteiger partial charge in [0.25, 0.3) is 0 Å². The van der Waals surface area contributed by atoms with E-state index < -0.39 is 12.1 Å². The number of amides is 1. The number of rotatable bonds is 57. The van der Waals surface area contributed by atoms with E-state index in [0.29, 0.717) is 19.4 Å². The first-order valence-corrected chi connectivity index (χ1v) is 30.6. The van der Waals surface area contributed by atoms with Gasteiger partial charge < -0.3 is 20.3 Å². The highest BCUT2D eigenvalue weighted by Crippen LogP contribution is 2.17. The highest BCUT2D eigenvalue weighted by atomic mass is 16.5. The predicted octanol–water partition coefficient (Wildman–Crippen LogP) is 19.0. The van der Waals surface area contributed by atoms with E-state index in [0.717, 1.165) is 57.8 Å². The summed E-state index contributed by atoms with van der Waals surface area (Å²) < 4.78 is 5.47. The SMILES string of the molecule is CCCCCCCC/C=C\CCCCCCCCCC(=O)OCCCCCCCCCCCCCC(=O)NC(CO)C(O)/C=C/CCCCCCCCCCCCCCCCCCCCCCC. The average molecular weight is 959 g/mol. The summed E-state index contributed by atoms with van der Waals surface area (Å²) in [7, 11) is 0. The van der Waals surface area contributed by atoms with Crippen LogP contribution in [0.1, 0.15) is 335 Å². The van der Waals surface area contributed by atoms with Crippen molar-refractivity contribution in [2.45, 2.75) is 347 Å². The van der Waals surface area contributed by atoms with Crippen molar-refractivity contribution in [3.8, 4) is 0 Å². The number of aliphatic hydroxyl groups is 2. The third-order valence-electron chi connectivity index (χ3n) is 14.2. The zero-order valence-corrected chi connectivity index (χ0v) is 45.9. The van der Waals surface area contributed by atoms with Crippen molar-refractivity contribution < 1.29 is 24.5 Å². The van der Waals surface area contributed by atoms with Crippen LogP contribution in [0.3, 0.4) is 0 Å². The van der Waals surface area contributed by atoms with Crippen molar-refractivity contribution >= 4 is 11.9 Å². The van der Waals surface area contributed by atoms with Gasteiger partial charge in [-0.2, -0.15) is 0 Å². The van der Waals surface area contributed by atoms with Crippen LogP contribution < -0.4 is 5.32 Å². The summed E-state index contributed by atoms with van der Waals surface area (Å²) >= 11 is 0. The van der Waals surface area contributed by atoms with Crippen molar-refractivity contribution in [2.24, 2.45) is 0 Å². The molecule has 402 valence electrons. The van der Waals surface area contributed by atoms with E-state index in [1.807, 2.05) is 6.08 Å². The van der Waals surface area contributed by atoms with E-state index in [4.69, 9.17) is 4.74 Å². The fraction of sp³-hybridized carbons (Fsp3) is 0.903. The number of hydrogen-bond donors (Lipinski definition) is 3. The molecule has 0 fully saturated rings. The highest BCUT2D eigenvalue weighted by molar-refractivity contribution is 5.76. The van der Waals surface area contributed by atoms with Gasteiger partial charge in [-0.3, -0.25) is 9.59 Å². The molecule has 0 saturated heterocycles. The molecule has 0 bridgehead atoms. The van der Waals surface area contributed by atoms with Gasteiger partial charge in [0.2, 0.25) is 5.91 Å². The summed E-state index contributed by atoms with van der Waals surface area (Å²) in [6.45, 7) is 4.88. The lowest BCUT2D eigenvalue weighted by Crippen LogP contribution is -2.45. The second-order valence-electron chi connectivity index (χ2n) is 21.0. The van der Waals surface area contributed by atoms with Crippen LogP contribution in [0, 0.1) is 0 Å². The molecule has 0 spiro atoms. The number of nitrogens with one attached hydrogen (secondary N) is 1. The van der Waals surface area contributed by atoms with Crippen LogP contribution in [0.15, 0.2) is 24.3 Å². The Balaban J connectivity index is 3.48. The maximum absolute atomic E-state index is 12.5. The highest BCUT2D eigenvalue weighted by Gasteiger charge is 2.18. The standard InChI is InChI=1S/C62H119NO5/c1-3-5-7-9-11-13-15-17-19-21-22-23-24-25-26-28-29-31-34-38-42-46-50-54-60(65)59(58-64)63-61(66)55-51-47-43-39-35-33-37-41-45-49-53-57-68-62(67)56-52-48-44-40-36-32-30-27-20-18-16-14-12-10-8-6-4-2/h18,20,50,54,59-60,64-65H,3-17,19,21-49,51-53,55-58H2,1-2H3,(H,63,66)/b20-18-,54-50+. The lowest BCUT2D eigenvalue weighted by Gasteiger charge is -2.20. The predicted molar refractivity (Wildman–Crippen MR) is 296 cm³/mol. The minimum Gasteiger partial charge on any atom is -0.466 e. The Kier molecular flexibility index (Phi) is 56.5. The third kappa shape index (κ3) is 53.7. The number of aliphatic hydroxyl groups excluding tert-OH is 2. The molecule has 1 amide bonds. The van der Waals surface area contributed by atoms with E-state index in [1.54, 1.807) is 6.08 Å². The van der Waals surface area contributed by atoms with Gasteiger partial charge in [0, 0.05) is 12.8 Å². The van der Waals surface area contributed by atoms with Crippen molar-refractivity contribution in [2.75, 3.05) is 13.2 Å². The first-order valence-electron chi connectivity index (χ1n) is 30.6. The number of esters is 1. The number of unbranched alkanes of at least 4 members (excludes halogenated alkanes) is 44. The molecule has 3 N–H and O–H groups in total. The van der Waals surface area contributed by atoms with Crippen LogP contribution in [0.4, 0.5) is 0 Å². The molecule has 0 radical (unpaired) electrons. The third-order valence-corrected chi connectivity index (χ3v) is 14.2. The smallest absolute Gasteiger partial charge is 0.305 e. The van der Waals surface area contributed by atoms with Crippen LogP contribution in [0.25, 0.3) is 0 Å². The zero-order valence-electron chi connectivity index (χ0n) is 45.9. The van der Waals surface area contributed by atoms with Gasteiger partial charge in [0.15, 0.2) is 0 Å². The molecule has 6 heteroatoms. The first kappa shape index (κ1) is 66.3. The normalized spacial score (nSPS) is 12.7. The number of carbonyl (C=O) groups excluding carboxylic acids is 2. The second-order valence-corrected chi connectivity index (χ2v) is 21.0. The molecule has 0 aromatic heterocycles. The monoisotopic (exact) mass is 958 g/mol. The van der Waals surface area contributed by atoms with Crippen molar-refractivity contribution in [1.82, 2.24) is 5.32 Å². The van der Waals surface area contributed by atoms with Crippen molar-refractivity contribution in [3.05, 3.63) is 24.3 Å². The molecule has 0 rings (SSSR count). The largest absolute Gasteiger partial charge is 0.466 e. The molecule has 2 unspecified atom stereocenters. The molecule has 6 nitrogen and oxygen atoms in total. The van der Waals surface area contributed by atoms with Gasteiger partial charge in [0.05, 0.1) is 25.4 Å². The van der Waals surface area contributed by atoms with E-state index in [-0.39, 0.29) is 18.5 Å². The minimum absolute atomic E-state index is 0.0179. The Hall–Kier alpha value is -1.66. The van der Waals surface area contributed by atoms with Crippen LogP contribution in [0.2, 0.25) is 0 Å². The molecular weight excluding hydrogens is 839 g/mol. The minimum atomic E-state index is -0.858. The van der Waals surface area contributed by atoms with Gasteiger partial charge in [-0.15, -0.1) is 0 Å². The molecule has 68 heavy (non-hydrogen) atoms. The molecule has 0 heterocycles. The van der Waals surface area contributed by atoms with Crippen LogP contribution in [-0.2, 0) is 14.3 Å². The molecular formula is C62H119NO5. The first-order chi connectivity index (χ1) is 33.5. The summed E-state index contributed by atoms with van der Waals surface area (Å²) in [5, 5.41) is 23.2. The lowest BCUT2D eigenvalue weighted by atomic mass is 10.0.